The molecule has 1 N–H and O–H groups in total. The number of amides is 2. The van der Waals surface area contributed by atoms with E-state index in [-0.39, 0.29) is 24.2 Å². The van der Waals surface area contributed by atoms with E-state index in [2.05, 4.69) is 0 Å². The molecule has 0 aliphatic carbocycles. The maximum atomic E-state index is 13.1. The number of halogens is 1. The molecule has 1 aliphatic heterocycles. The van der Waals surface area contributed by atoms with Crippen LogP contribution in [0.15, 0.2) is 24.3 Å². The second-order valence-corrected chi connectivity index (χ2v) is 6.64. The summed E-state index contributed by atoms with van der Waals surface area (Å²) in [6.45, 7) is 2.58. The van der Waals surface area contributed by atoms with E-state index in [0.717, 1.165) is 12.8 Å². The van der Waals surface area contributed by atoms with Crippen LogP contribution in [0.1, 0.15) is 38.2 Å². The molecule has 0 aromatic heterocycles. The van der Waals surface area contributed by atoms with Gasteiger partial charge in [-0.1, -0.05) is 19.1 Å². The van der Waals surface area contributed by atoms with Crippen molar-refractivity contribution < 1.29 is 23.9 Å². The number of hydrogen-bond donors (Lipinski definition) is 1. The van der Waals surface area contributed by atoms with Crippen molar-refractivity contribution in [2.24, 2.45) is 5.92 Å². The molecule has 0 radical (unpaired) electrons. The smallest absolute Gasteiger partial charge is 0.323 e. The molecule has 0 bridgehead atoms. The van der Waals surface area contributed by atoms with E-state index in [0.29, 0.717) is 31.5 Å². The van der Waals surface area contributed by atoms with Gasteiger partial charge in [0.25, 0.3) is 0 Å². The van der Waals surface area contributed by atoms with Crippen molar-refractivity contribution in [1.82, 2.24) is 9.80 Å². The summed E-state index contributed by atoms with van der Waals surface area (Å²) in [4.78, 5) is 39.1. The fraction of sp³-hybridized carbons (Fsp3) is 0.526. The van der Waals surface area contributed by atoms with E-state index < -0.39 is 18.4 Å². The molecular weight excluding hydrogens is 339 g/mol. The number of hydrogen-bond acceptors (Lipinski definition) is 3. The summed E-state index contributed by atoms with van der Waals surface area (Å²) in [6.07, 6.45) is 2.57. The number of benzene rings is 1. The number of likely N-dealkylation sites (tertiary alicyclic amines) is 1. The minimum absolute atomic E-state index is 0.0355. The third-order valence-corrected chi connectivity index (χ3v) is 4.51. The zero-order valence-electron chi connectivity index (χ0n) is 15.0. The van der Waals surface area contributed by atoms with E-state index in [1.54, 1.807) is 4.90 Å². The molecule has 1 aliphatic rings. The Balaban J connectivity index is 2.08. The van der Waals surface area contributed by atoms with Gasteiger partial charge >= 0.3 is 5.97 Å². The highest BCUT2D eigenvalue weighted by Crippen LogP contribution is 2.21. The van der Waals surface area contributed by atoms with Crippen molar-refractivity contribution in [2.45, 2.75) is 39.2 Å². The van der Waals surface area contributed by atoms with Gasteiger partial charge in [-0.3, -0.25) is 14.4 Å². The molecule has 142 valence electrons. The molecule has 0 saturated carbocycles. The molecule has 1 aromatic rings. The maximum absolute atomic E-state index is 13.1. The summed E-state index contributed by atoms with van der Waals surface area (Å²) in [6, 6.07) is 5.64. The fourth-order valence-corrected chi connectivity index (χ4v) is 3.22. The Labute approximate surface area is 152 Å². The van der Waals surface area contributed by atoms with Crippen molar-refractivity contribution in [3.05, 3.63) is 35.6 Å². The SMILES string of the molecule is CCCC(=O)N1CCCC(C(=O)N(CC(=O)O)Cc2ccc(F)cc2)C1. The Morgan fingerprint density at radius 3 is 2.58 bits per heavy atom. The molecule has 1 fully saturated rings. The Hall–Kier alpha value is -2.44. The van der Waals surface area contributed by atoms with Crippen LogP contribution in [-0.2, 0) is 20.9 Å². The van der Waals surface area contributed by atoms with Gasteiger partial charge in [-0.05, 0) is 37.0 Å². The van der Waals surface area contributed by atoms with Crippen LogP contribution < -0.4 is 0 Å². The third kappa shape index (κ3) is 5.54. The number of carbonyl (C=O) groups is 3. The van der Waals surface area contributed by atoms with E-state index in [9.17, 15) is 18.8 Å². The Bertz CT molecular complexity index is 647. The lowest BCUT2D eigenvalue weighted by Crippen LogP contribution is -2.47. The topological polar surface area (TPSA) is 77.9 Å². The fourth-order valence-electron chi connectivity index (χ4n) is 3.22. The van der Waals surface area contributed by atoms with Gasteiger partial charge in [-0.15, -0.1) is 0 Å². The van der Waals surface area contributed by atoms with Crippen LogP contribution in [0.25, 0.3) is 0 Å². The van der Waals surface area contributed by atoms with Crippen LogP contribution >= 0.6 is 0 Å². The number of piperidine rings is 1. The highest BCUT2D eigenvalue weighted by Gasteiger charge is 2.31. The lowest BCUT2D eigenvalue weighted by atomic mass is 9.95. The first kappa shape index (κ1) is 19.9. The summed E-state index contributed by atoms with van der Waals surface area (Å²) < 4.78 is 13.1. The minimum atomic E-state index is -1.10. The molecule has 26 heavy (non-hydrogen) atoms. The summed E-state index contributed by atoms with van der Waals surface area (Å²) in [7, 11) is 0. The van der Waals surface area contributed by atoms with Crippen molar-refractivity contribution >= 4 is 17.8 Å². The Kier molecular flexibility index (Phi) is 7.12. The zero-order valence-corrected chi connectivity index (χ0v) is 15.0. The lowest BCUT2D eigenvalue weighted by Gasteiger charge is -2.34. The van der Waals surface area contributed by atoms with Gasteiger partial charge in [-0.2, -0.15) is 0 Å². The van der Waals surface area contributed by atoms with Crippen molar-refractivity contribution in [2.75, 3.05) is 19.6 Å². The van der Waals surface area contributed by atoms with Gasteiger partial charge in [-0.25, -0.2) is 4.39 Å². The van der Waals surface area contributed by atoms with Gasteiger partial charge in [0.1, 0.15) is 12.4 Å². The van der Waals surface area contributed by atoms with Crippen LogP contribution in [0.5, 0.6) is 0 Å². The zero-order chi connectivity index (χ0) is 19.1. The number of carboxylic acids is 1. The molecule has 6 nitrogen and oxygen atoms in total. The lowest BCUT2D eigenvalue weighted by molar-refractivity contribution is -0.149. The van der Waals surface area contributed by atoms with E-state index >= 15 is 0 Å². The van der Waals surface area contributed by atoms with Crippen molar-refractivity contribution in [3.63, 3.8) is 0 Å². The highest BCUT2D eigenvalue weighted by molar-refractivity contribution is 5.84. The molecule has 0 spiro atoms. The molecule has 2 amide bonds. The van der Waals surface area contributed by atoms with Crippen LogP contribution in [-0.4, -0.2) is 52.3 Å². The summed E-state index contributed by atoms with van der Waals surface area (Å²) in [5.74, 6) is -2.12. The third-order valence-electron chi connectivity index (χ3n) is 4.51. The first-order valence-corrected chi connectivity index (χ1v) is 8.93. The highest BCUT2D eigenvalue weighted by atomic mass is 19.1. The van der Waals surface area contributed by atoms with Gasteiger partial charge in [0, 0.05) is 26.1 Å². The maximum Gasteiger partial charge on any atom is 0.323 e. The average Bonchev–Trinajstić information content (AvgIpc) is 2.62. The van der Waals surface area contributed by atoms with Gasteiger partial charge in [0.05, 0.1) is 5.92 Å². The van der Waals surface area contributed by atoms with Gasteiger partial charge < -0.3 is 14.9 Å². The van der Waals surface area contributed by atoms with Crippen LogP contribution in [0, 0.1) is 11.7 Å². The van der Waals surface area contributed by atoms with Crippen molar-refractivity contribution in [1.29, 1.82) is 0 Å². The molecule has 1 saturated heterocycles. The van der Waals surface area contributed by atoms with Crippen LogP contribution in [0.2, 0.25) is 0 Å². The minimum Gasteiger partial charge on any atom is -0.480 e. The number of carboxylic acid groups (broad SMARTS) is 1. The van der Waals surface area contributed by atoms with E-state index in [1.807, 2.05) is 6.92 Å². The number of rotatable bonds is 7. The average molecular weight is 364 g/mol. The quantitative estimate of drug-likeness (QED) is 0.805. The predicted octanol–water partition coefficient (Wildman–Crippen LogP) is 2.28. The molecule has 1 aromatic carbocycles. The van der Waals surface area contributed by atoms with E-state index in [1.165, 1.54) is 29.2 Å². The standard InChI is InChI=1S/C19H25FN2O4/c1-2-4-17(23)21-10-3-5-15(12-21)19(26)22(13-18(24)25)11-14-6-8-16(20)9-7-14/h6-9,15H,2-5,10-13H2,1H3,(H,24,25). The number of aliphatic carboxylic acids is 1. The molecule has 7 heteroatoms. The van der Waals surface area contributed by atoms with Crippen LogP contribution in [0.4, 0.5) is 4.39 Å². The summed E-state index contributed by atoms with van der Waals surface area (Å²) >= 11 is 0. The Morgan fingerprint density at radius 2 is 1.96 bits per heavy atom. The van der Waals surface area contributed by atoms with Gasteiger partial charge in [0.2, 0.25) is 11.8 Å². The largest absolute Gasteiger partial charge is 0.480 e. The molecule has 1 atom stereocenters. The molecule has 1 unspecified atom stereocenters. The normalized spacial score (nSPS) is 17.0. The first-order valence-electron chi connectivity index (χ1n) is 8.93. The monoisotopic (exact) mass is 364 g/mol. The summed E-state index contributed by atoms with van der Waals surface area (Å²) in [5.41, 5.74) is 0.663. The Morgan fingerprint density at radius 1 is 1.27 bits per heavy atom. The predicted molar refractivity (Wildman–Crippen MR) is 93.7 cm³/mol. The second kappa shape index (κ2) is 9.31. The first-order chi connectivity index (χ1) is 12.4. The van der Waals surface area contributed by atoms with E-state index in [4.69, 9.17) is 5.11 Å². The number of carbonyl (C=O) groups excluding carboxylic acids is 2. The van der Waals surface area contributed by atoms with Crippen molar-refractivity contribution in [3.8, 4) is 0 Å². The summed E-state index contributed by atoms with van der Waals surface area (Å²) in [5, 5.41) is 9.15. The second-order valence-electron chi connectivity index (χ2n) is 6.64. The molecular formula is C19H25FN2O4. The molecule has 2 rings (SSSR count). The number of nitrogens with zero attached hydrogens (tertiary/aromatic N) is 2. The van der Waals surface area contributed by atoms with Gasteiger partial charge in [0.15, 0.2) is 0 Å². The molecule has 1 heterocycles. The van der Waals surface area contributed by atoms with Crippen LogP contribution in [0.3, 0.4) is 0 Å².